The second kappa shape index (κ2) is 14.6. The van der Waals surface area contributed by atoms with E-state index in [4.69, 9.17) is 5.73 Å². The summed E-state index contributed by atoms with van der Waals surface area (Å²) in [7, 11) is 0. The van der Waals surface area contributed by atoms with Crippen LogP contribution in [0.1, 0.15) is 34.5 Å². The topological polar surface area (TPSA) is 139 Å². The van der Waals surface area contributed by atoms with Crippen molar-refractivity contribution in [1.82, 2.24) is 29.3 Å². The van der Waals surface area contributed by atoms with Crippen LogP contribution in [0.2, 0.25) is 0 Å². The Labute approximate surface area is 312 Å². The lowest BCUT2D eigenvalue weighted by Gasteiger charge is -2.18. The first-order valence-electron chi connectivity index (χ1n) is 17.4. The fraction of sp³-hybridized carbons (Fsp3) is 0.200. The first kappa shape index (κ1) is 34.8. The molecule has 0 radical (unpaired) electrons. The molecule has 2 aliphatic rings. The Morgan fingerprint density at radius 3 is 2.35 bits per heavy atom. The fourth-order valence-corrected chi connectivity index (χ4v) is 7.08. The molecule has 6 aromatic rings. The second-order valence-corrected chi connectivity index (χ2v) is 14.2. The summed E-state index contributed by atoms with van der Waals surface area (Å²) in [6, 6.07) is 16.3. The van der Waals surface area contributed by atoms with Gasteiger partial charge in [0.05, 0.1) is 35.2 Å². The van der Waals surface area contributed by atoms with Crippen molar-refractivity contribution in [3.63, 3.8) is 0 Å². The molecule has 0 atom stereocenters. The third-order valence-corrected chi connectivity index (χ3v) is 10.2. The van der Waals surface area contributed by atoms with Crippen molar-refractivity contribution in [3.8, 4) is 33.5 Å². The summed E-state index contributed by atoms with van der Waals surface area (Å²) in [5.74, 6) is -1.34. The molecule has 4 aromatic heterocycles. The summed E-state index contributed by atoms with van der Waals surface area (Å²) in [5, 5.41) is 4.60. The maximum Gasteiger partial charge on any atom is 0.320 e. The minimum atomic E-state index is -0.714. The van der Waals surface area contributed by atoms with Gasteiger partial charge in [-0.25, -0.2) is 23.5 Å². The number of nitrogens with one attached hydrogen (secondary N) is 1. The Morgan fingerprint density at radius 2 is 1.65 bits per heavy atom. The summed E-state index contributed by atoms with van der Waals surface area (Å²) in [4.78, 5) is 56.2. The smallest absolute Gasteiger partial charge is 0.320 e. The monoisotopic (exact) mass is 744 g/mol. The van der Waals surface area contributed by atoms with E-state index in [1.54, 1.807) is 33.4 Å². The van der Waals surface area contributed by atoms with E-state index in [-0.39, 0.29) is 39.9 Å². The number of rotatable bonds is 11. The predicted molar refractivity (Wildman–Crippen MR) is 202 cm³/mol. The molecule has 1 aliphatic carbocycles. The zero-order valence-corrected chi connectivity index (χ0v) is 29.7. The number of urea groups is 1. The number of nitrogens with two attached hydrogens (primary N) is 1. The molecule has 8 rings (SSSR count). The number of thiazole rings is 1. The molecule has 14 heteroatoms. The zero-order chi connectivity index (χ0) is 37.3. The molecule has 0 unspecified atom stereocenters. The number of amides is 3. The van der Waals surface area contributed by atoms with Crippen molar-refractivity contribution in [2.45, 2.75) is 32.5 Å². The number of nitrogen functional groups attached to an aromatic ring is 1. The number of benzene rings is 2. The van der Waals surface area contributed by atoms with E-state index in [1.807, 2.05) is 34.5 Å². The summed E-state index contributed by atoms with van der Waals surface area (Å²) >= 11 is 1.51. The van der Waals surface area contributed by atoms with Crippen LogP contribution < -0.4 is 16.5 Å². The van der Waals surface area contributed by atoms with Gasteiger partial charge < -0.3 is 25.4 Å². The summed E-state index contributed by atoms with van der Waals surface area (Å²) in [5.41, 5.74) is 11.8. The number of hydrogen-bond donors (Lipinski definition) is 2. The molecule has 3 amide bonds. The first-order chi connectivity index (χ1) is 26.2. The molecule has 3 N–H and O–H groups in total. The Bertz CT molecular complexity index is 2420. The fourth-order valence-electron chi connectivity index (χ4n) is 6.53. The van der Waals surface area contributed by atoms with Crippen molar-refractivity contribution in [3.05, 3.63) is 135 Å². The number of nitrogens with zero attached hydrogens (tertiary/aromatic N) is 6. The minimum Gasteiger partial charge on any atom is -0.383 e. The van der Waals surface area contributed by atoms with Crippen molar-refractivity contribution in [2.75, 3.05) is 24.1 Å². The minimum absolute atomic E-state index is 0.0205. The molecule has 272 valence electrons. The Balaban J connectivity index is 0.976. The van der Waals surface area contributed by atoms with Gasteiger partial charge in [0.2, 0.25) is 5.43 Å². The molecular formula is C40H34F2N8O3S. The van der Waals surface area contributed by atoms with Gasteiger partial charge in [-0.15, -0.1) is 11.3 Å². The summed E-state index contributed by atoms with van der Waals surface area (Å²) < 4.78 is 31.1. The molecule has 1 saturated carbocycles. The molecule has 11 nitrogen and oxygen atoms in total. The molecule has 54 heavy (non-hydrogen) atoms. The highest BCUT2D eigenvalue weighted by molar-refractivity contribution is 7.07. The number of hydrogen-bond acceptors (Lipinski definition) is 8. The van der Waals surface area contributed by atoms with Crippen LogP contribution in [0.15, 0.2) is 101 Å². The Morgan fingerprint density at radius 1 is 0.852 bits per heavy atom. The normalized spacial score (nSPS) is 14.1. The lowest BCUT2D eigenvalue weighted by Crippen LogP contribution is -2.31. The molecule has 5 heterocycles. The van der Waals surface area contributed by atoms with Crippen molar-refractivity contribution >= 4 is 34.8 Å². The highest BCUT2D eigenvalue weighted by Gasteiger charge is 2.29. The van der Waals surface area contributed by atoms with Crippen LogP contribution in [0.4, 0.5) is 25.1 Å². The summed E-state index contributed by atoms with van der Waals surface area (Å²) in [6.07, 6.45) is 7.85. The molecule has 2 aromatic carbocycles. The van der Waals surface area contributed by atoms with E-state index in [1.165, 1.54) is 47.9 Å². The van der Waals surface area contributed by atoms with E-state index in [0.717, 1.165) is 35.9 Å². The van der Waals surface area contributed by atoms with Gasteiger partial charge in [0, 0.05) is 72.5 Å². The van der Waals surface area contributed by atoms with Gasteiger partial charge >= 0.3 is 6.03 Å². The van der Waals surface area contributed by atoms with Crippen LogP contribution in [0.5, 0.6) is 0 Å². The largest absolute Gasteiger partial charge is 0.383 e. The van der Waals surface area contributed by atoms with Gasteiger partial charge in [0.15, 0.2) is 0 Å². The number of pyridine rings is 3. The number of anilines is 2. The van der Waals surface area contributed by atoms with E-state index < -0.39 is 23.0 Å². The van der Waals surface area contributed by atoms with Crippen LogP contribution in [-0.4, -0.2) is 54.3 Å². The van der Waals surface area contributed by atoms with Crippen LogP contribution in [0, 0.1) is 17.6 Å². The third kappa shape index (κ3) is 7.46. The van der Waals surface area contributed by atoms with Crippen molar-refractivity contribution < 1.29 is 18.4 Å². The van der Waals surface area contributed by atoms with Crippen LogP contribution in [0.25, 0.3) is 33.5 Å². The lowest BCUT2D eigenvalue weighted by molar-refractivity contribution is 0.102. The first-order valence-corrected chi connectivity index (χ1v) is 18.4. The highest BCUT2D eigenvalue weighted by atomic mass is 32.1. The number of halogens is 2. The average molecular weight is 745 g/mol. The quantitative estimate of drug-likeness (QED) is 0.145. The van der Waals surface area contributed by atoms with E-state index in [0.29, 0.717) is 49.8 Å². The van der Waals surface area contributed by atoms with Gasteiger partial charge in [-0.05, 0) is 66.3 Å². The van der Waals surface area contributed by atoms with Gasteiger partial charge in [0.25, 0.3) is 5.91 Å². The Hall–Kier alpha value is -6.28. The number of carbonyl (C=O) groups is 2. The number of aromatic nitrogens is 4. The van der Waals surface area contributed by atoms with Crippen molar-refractivity contribution in [2.24, 2.45) is 5.92 Å². The zero-order valence-electron chi connectivity index (χ0n) is 28.9. The van der Waals surface area contributed by atoms with Crippen LogP contribution >= 0.6 is 11.3 Å². The van der Waals surface area contributed by atoms with Crippen LogP contribution in [0.3, 0.4) is 0 Å². The van der Waals surface area contributed by atoms with E-state index >= 15 is 4.39 Å². The molecular weight excluding hydrogens is 711 g/mol. The van der Waals surface area contributed by atoms with Gasteiger partial charge in [-0.1, -0.05) is 24.3 Å². The maximum absolute atomic E-state index is 15.7. The number of carbonyl (C=O) groups excluding carboxylic acids is 2. The SMILES string of the molecule is Nc1ncc(-c2ccc(CN3CCN(Cc4cscn4)C3=O)cc2)cc1-c1ccc(NC(=O)c2cn(CC3CC3)cc(-c3ccc(F)cn3)c2=O)cc1F. The van der Waals surface area contributed by atoms with E-state index in [2.05, 4.69) is 20.3 Å². The highest BCUT2D eigenvalue weighted by Crippen LogP contribution is 2.33. The molecule has 1 saturated heterocycles. The van der Waals surface area contributed by atoms with Crippen LogP contribution in [-0.2, 0) is 19.6 Å². The van der Waals surface area contributed by atoms with Gasteiger partial charge in [-0.3, -0.25) is 14.6 Å². The van der Waals surface area contributed by atoms with E-state index in [9.17, 15) is 18.8 Å². The Kier molecular flexibility index (Phi) is 9.42. The standard InChI is InChI=1S/C40H34F2N8O3S/c41-28-7-10-36(44-16-28)33-20-48(17-24-1-2-24)21-34(37(33)51)39(52)47-29-8-9-31(35(42)14-29)32-13-27(15-45-38(32)43)26-5-3-25(4-6-26)18-49-11-12-50(40(49)53)19-30-22-54-23-46-30/h3-10,13-16,20-24H,1-2,11-12,17-19H2,(H2,43,45)(H,47,52). The predicted octanol–water partition coefficient (Wildman–Crippen LogP) is 7.06. The second-order valence-electron chi connectivity index (χ2n) is 13.5. The maximum atomic E-state index is 15.7. The molecule has 0 spiro atoms. The van der Waals surface area contributed by atoms with Crippen molar-refractivity contribution in [1.29, 1.82) is 0 Å². The molecule has 1 aliphatic heterocycles. The average Bonchev–Trinajstić information content (AvgIpc) is 3.71. The summed E-state index contributed by atoms with van der Waals surface area (Å²) in [6.45, 7) is 2.86. The molecule has 2 fully saturated rings. The lowest BCUT2D eigenvalue weighted by atomic mass is 9.99. The van der Waals surface area contributed by atoms with Gasteiger partial charge in [-0.2, -0.15) is 0 Å². The third-order valence-electron chi connectivity index (χ3n) is 9.61. The van der Waals surface area contributed by atoms with Gasteiger partial charge in [0.1, 0.15) is 23.0 Å². The molecule has 0 bridgehead atoms.